The second-order valence-electron chi connectivity index (χ2n) is 3.55. The summed E-state index contributed by atoms with van der Waals surface area (Å²) in [5.41, 5.74) is 0.129. The summed E-state index contributed by atoms with van der Waals surface area (Å²) in [6.07, 6.45) is -0.594. The Bertz CT molecular complexity index is 489. The molecule has 7 heteroatoms. The smallest absolute Gasteiger partial charge is 0.374 e. The Morgan fingerprint density at radius 2 is 1.50 bits per heavy atom. The number of Topliss-reactive ketones (excluding diaryl/α,β-unsaturated/α-hetero) is 2. The number of esters is 1. The molecule has 0 aliphatic heterocycles. The fourth-order valence-electron chi connectivity index (χ4n) is 1.55. The second kappa shape index (κ2) is 8.73. The van der Waals surface area contributed by atoms with Gasteiger partial charge in [-0.1, -0.05) is 6.07 Å². The fraction of sp³-hybridized carbons (Fsp3) is 0.308. The summed E-state index contributed by atoms with van der Waals surface area (Å²) >= 11 is 0. The molecule has 0 heterocycles. The van der Waals surface area contributed by atoms with Crippen molar-refractivity contribution < 1.29 is 28.6 Å². The van der Waals surface area contributed by atoms with E-state index in [0.717, 1.165) is 7.11 Å². The fourth-order valence-corrected chi connectivity index (χ4v) is 1.55. The van der Waals surface area contributed by atoms with Crippen LogP contribution < -0.4 is 9.47 Å². The first-order chi connectivity index (χ1) is 9.04. The zero-order valence-electron chi connectivity index (χ0n) is 11.9. The van der Waals surface area contributed by atoms with E-state index in [1.165, 1.54) is 14.2 Å². The van der Waals surface area contributed by atoms with Crippen LogP contribution >= 0.6 is 0 Å². The van der Waals surface area contributed by atoms with Crippen LogP contribution in [0.4, 0.5) is 0 Å². The van der Waals surface area contributed by atoms with Crippen LogP contribution in [-0.4, -0.2) is 68.4 Å². The van der Waals surface area contributed by atoms with Crippen LogP contribution in [0, 0.1) is 0 Å². The first kappa shape index (κ1) is 18.6. The summed E-state index contributed by atoms with van der Waals surface area (Å²) in [5, 5.41) is 0. The van der Waals surface area contributed by atoms with Crippen molar-refractivity contribution in [3.8, 4) is 11.5 Å². The number of ether oxygens (including phenoxy) is 3. The molecule has 1 radical (unpaired) electrons. The van der Waals surface area contributed by atoms with Crippen molar-refractivity contribution >= 4 is 47.1 Å². The van der Waals surface area contributed by atoms with Crippen molar-refractivity contribution in [2.45, 2.75) is 6.42 Å². The number of ketones is 2. The number of carbonyl (C=O) groups excluding carboxylic acids is 3. The normalized spacial score (nSPS) is 9.15. The number of benzene rings is 1. The van der Waals surface area contributed by atoms with E-state index in [9.17, 15) is 14.4 Å². The van der Waals surface area contributed by atoms with Gasteiger partial charge in [0.15, 0.2) is 5.78 Å². The number of hydrogen-bond acceptors (Lipinski definition) is 6. The van der Waals surface area contributed by atoms with Gasteiger partial charge in [0, 0.05) is 29.6 Å². The van der Waals surface area contributed by atoms with Gasteiger partial charge in [-0.15, -0.1) is 0 Å². The summed E-state index contributed by atoms with van der Waals surface area (Å²) in [4.78, 5) is 34.4. The Hall–Kier alpha value is -1.37. The minimum absolute atomic E-state index is 0. The molecule has 0 bridgehead atoms. The molecule has 0 aliphatic carbocycles. The maximum atomic E-state index is 12.0. The quantitative estimate of drug-likeness (QED) is 0.251. The Morgan fingerprint density at radius 3 is 1.90 bits per heavy atom. The van der Waals surface area contributed by atoms with Gasteiger partial charge in [-0.3, -0.25) is 9.59 Å². The van der Waals surface area contributed by atoms with E-state index in [1.54, 1.807) is 18.2 Å². The van der Waals surface area contributed by atoms with Gasteiger partial charge < -0.3 is 14.2 Å². The van der Waals surface area contributed by atoms with Crippen LogP contribution in [0.5, 0.6) is 11.5 Å². The van der Waals surface area contributed by atoms with Gasteiger partial charge in [0.05, 0.1) is 27.8 Å². The topological polar surface area (TPSA) is 78.9 Å². The molecule has 1 rings (SSSR count). The summed E-state index contributed by atoms with van der Waals surface area (Å²) in [5.74, 6) is -1.98. The maximum Gasteiger partial charge on any atom is 0.374 e. The van der Waals surface area contributed by atoms with Gasteiger partial charge in [-0.05, 0) is 12.1 Å². The molecular formula is C13H14NaO6. The Morgan fingerprint density at radius 1 is 1.00 bits per heavy atom. The van der Waals surface area contributed by atoms with Crippen LogP contribution in [0.2, 0.25) is 0 Å². The molecule has 0 fully saturated rings. The van der Waals surface area contributed by atoms with Crippen molar-refractivity contribution in [1.29, 1.82) is 0 Å². The number of rotatable bonds is 6. The van der Waals surface area contributed by atoms with Gasteiger partial charge in [0.25, 0.3) is 0 Å². The number of methoxy groups -OCH3 is 3. The number of carbonyl (C=O) groups is 3. The molecule has 0 spiro atoms. The molecule has 0 aliphatic rings. The van der Waals surface area contributed by atoms with Crippen LogP contribution in [0.15, 0.2) is 18.2 Å². The van der Waals surface area contributed by atoms with E-state index in [0.29, 0.717) is 0 Å². The zero-order valence-corrected chi connectivity index (χ0v) is 13.9. The SMILES string of the molecule is COC(=O)C(=O)CC(=O)c1c(OC)cccc1OC.[Na]. The van der Waals surface area contributed by atoms with Crippen LogP contribution in [0.25, 0.3) is 0 Å². The minimum Gasteiger partial charge on any atom is -0.496 e. The largest absolute Gasteiger partial charge is 0.496 e. The Labute approximate surface area is 138 Å². The van der Waals surface area contributed by atoms with Crippen molar-refractivity contribution in [3.05, 3.63) is 23.8 Å². The molecule has 20 heavy (non-hydrogen) atoms. The molecule has 0 saturated heterocycles. The van der Waals surface area contributed by atoms with E-state index in [-0.39, 0.29) is 46.6 Å². The minimum atomic E-state index is -1.05. The first-order valence-corrected chi connectivity index (χ1v) is 5.40. The first-order valence-electron chi connectivity index (χ1n) is 5.40. The van der Waals surface area contributed by atoms with E-state index < -0.39 is 24.0 Å². The molecule has 0 N–H and O–H groups in total. The monoisotopic (exact) mass is 289 g/mol. The molecule has 6 nitrogen and oxygen atoms in total. The van der Waals surface area contributed by atoms with Crippen molar-refractivity contribution in [2.75, 3.05) is 21.3 Å². The van der Waals surface area contributed by atoms with E-state index in [1.807, 2.05) is 0 Å². The van der Waals surface area contributed by atoms with Crippen LogP contribution in [-0.2, 0) is 14.3 Å². The predicted octanol–water partition coefficient (Wildman–Crippen LogP) is 0.638. The van der Waals surface area contributed by atoms with Gasteiger partial charge in [0.1, 0.15) is 17.1 Å². The molecule has 0 amide bonds. The molecule has 1 aromatic rings. The third-order valence-corrected chi connectivity index (χ3v) is 2.44. The number of hydrogen-bond donors (Lipinski definition) is 0. The van der Waals surface area contributed by atoms with Crippen LogP contribution in [0.3, 0.4) is 0 Å². The average molecular weight is 289 g/mol. The standard InChI is InChI=1S/C13H14O6.Na/c1-17-10-5-4-6-11(18-2)12(10)8(14)7-9(15)13(16)19-3;/h4-6H,7H2,1-3H3;. The third kappa shape index (κ3) is 4.33. The molecule has 1 aromatic carbocycles. The van der Waals surface area contributed by atoms with E-state index >= 15 is 0 Å². The summed E-state index contributed by atoms with van der Waals surface area (Å²) in [7, 11) is 3.87. The molecule has 0 saturated carbocycles. The Kier molecular flexibility index (Phi) is 8.13. The van der Waals surface area contributed by atoms with Gasteiger partial charge in [-0.2, -0.15) is 0 Å². The van der Waals surface area contributed by atoms with Gasteiger partial charge in [-0.25, -0.2) is 4.79 Å². The average Bonchev–Trinajstić information content (AvgIpc) is 2.44. The van der Waals surface area contributed by atoms with Crippen LogP contribution in [0.1, 0.15) is 16.8 Å². The summed E-state index contributed by atoms with van der Waals surface area (Å²) in [6.45, 7) is 0. The Balaban J connectivity index is 0.00000361. The predicted molar refractivity (Wildman–Crippen MR) is 71.3 cm³/mol. The maximum absolute atomic E-state index is 12.0. The van der Waals surface area contributed by atoms with Crippen molar-refractivity contribution in [3.63, 3.8) is 0 Å². The molecule has 0 unspecified atom stereocenters. The molecule has 0 aromatic heterocycles. The van der Waals surface area contributed by atoms with E-state index in [2.05, 4.69) is 4.74 Å². The van der Waals surface area contributed by atoms with Gasteiger partial charge >= 0.3 is 5.97 Å². The van der Waals surface area contributed by atoms with Crippen molar-refractivity contribution in [2.24, 2.45) is 0 Å². The molecule has 103 valence electrons. The third-order valence-electron chi connectivity index (χ3n) is 2.44. The zero-order chi connectivity index (χ0) is 14.4. The van der Waals surface area contributed by atoms with Gasteiger partial charge in [0.2, 0.25) is 5.78 Å². The van der Waals surface area contributed by atoms with Crippen molar-refractivity contribution in [1.82, 2.24) is 0 Å². The molecular weight excluding hydrogens is 275 g/mol. The summed E-state index contributed by atoms with van der Waals surface area (Å²) < 4.78 is 14.4. The second-order valence-corrected chi connectivity index (χ2v) is 3.55. The molecule has 0 atom stereocenters. The summed E-state index contributed by atoms with van der Waals surface area (Å²) in [6, 6.07) is 4.79. The van der Waals surface area contributed by atoms with E-state index in [4.69, 9.17) is 9.47 Å².